The van der Waals surface area contributed by atoms with Gasteiger partial charge in [-0.3, -0.25) is 14.5 Å². The second-order valence-corrected chi connectivity index (χ2v) is 9.49. The highest BCUT2D eigenvalue weighted by atomic mass is 16.2. The van der Waals surface area contributed by atoms with Gasteiger partial charge in [-0.1, -0.05) is 75.7 Å². The topological polar surface area (TPSA) is 52.7 Å². The highest BCUT2D eigenvalue weighted by Crippen LogP contribution is 2.32. The van der Waals surface area contributed by atoms with Gasteiger partial charge >= 0.3 is 0 Å². The Morgan fingerprint density at radius 3 is 1.97 bits per heavy atom. The van der Waals surface area contributed by atoms with E-state index in [1.165, 1.54) is 16.7 Å². The van der Waals surface area contributed by atoms with Crippen molar-refractivity contribution in [3.05, 3.63) is 64.7 Å². The summed E-state index contributed by atoms with van der Waals surface area (Å²) >= 11 is 0. The highest BCUT2D eigenvalue weighted by Gasteiger charge is 2.23. The molecule has 0 atom stereocenters. The molecule has 3 rings (SSSR count). The largest absolute Gasteiger partial charge is 0.340 e. The molecule has 1 aliphatic rings. The van der Waals surface area contributed by atoms with Crippen LogP contribution in [0.3, 0.4) is 0 Å². The van der Waals surface area contributed by atoms with Crippen molar-refractivity contribution < 1.29 is 9.59 Å². The smallest absolute Gasteiger partial charge is 0.238 e. The standard InChI is InChI=1S/C27H37N3O2/c1-19(2)23-7-6-8-24(20(3)4)27(23)28-25(31)18-29-13-15-30(16-14-29)26(32)17-22-11-9-21(5)10-12-22/h6-12,19-20H,13-18H2,1-5H3,(H,28,31). The number of piperazine rings is 1. The number of anilines is 1. The summed E-state index contributed by atoms with van der Waals surface area (Å²) in [6, 6.07) is 14.4. The minimum atomic E-state index is 0.0134. The average Bonchev–Trinajstić information content (AvgIpc) is 2.75. The Balaban J connectivity index is 1.54. The number of nitrogens with zero attached hydrogens (tertiary/aromatic N) is 2. The van der Waals surface area contributed by atoms with Gasteiger partial charge in [0.1, 0.15) is 0 Å². The van der Waals surface area contributed by atoms with Gasteiger partial charge in [-0.05, 0) is 35.4 Å². The van der Waals surface area contributed by atoms with Crippen molar-refractivity contribution in [2.24, 2.45) is 0 Å². The van der Waals surface area contributed by atoms with Crippen LogP contribution in [0.5, 0.6) is 0 Å². The lowest BCUT2D eigenvalue weighted by atomic mass is 9.92. The van der Waals surface area contributed by atoms with Gasteiger partial charge in [-0.25, -0.2) is 0 Å². The summed E-state index contributed by atoms with van der Waals surface area (Å²) in [4.78, 5) is 29.6. The number of para-hydroxylation sites is 1. The molecule has 5 nitrogen and oxygen atoms in total. The molecule has 0 unspecified atom stereocenters. The first kappa shape index (κ1) is 24.0. The first-order valence-electron chi connectivity index (χ1n) is 11.7. The Kier molecular flexibility index (Phi) is 8.08. The van der Waals surface area contributed by atoms with Crippen LogP contribution in [-0.2, 0) is 16.0 Å². The van der Waals surface area contributed by atoms with Crippen molar-refractivity contribution in [2.75, 3.05) is 38.0 Å². The van der Waals surface area contributed by atoms with Gasteiger partial charge in [-0.2, -0.15) is 0 Å². The Labute approximate surface area is 192 Å². The number of amides is 2. The molecule has 2 amide bonds. The zero-order valence-corrected chi connectivity index (χ0v) is 20.1. The predicted octanol–water partition coefficient (Wildman–Crippen LogP) is 4.57. The van der Waals surface area contributed by atoms with Gasteiger partial charge in [0.2, 0.25) is 11.8 Å². The molecule has 1 fully saturated rings. The molecular formula is C27H37N3O2. The molecule has 0 aromatic heterocycles. The third-order valence-corrected chi connectivity index (χ3v) is 6.21. The third-order valence-electron chi connectivity index (χ3n) is 6.21. The van der Waals surface area contributed by atoms with Crippen LogP contribution in [0.1, 0.15) is 61.8 Å². The molecular weight excluding hydrogens is 398 g/mol. The van der Waals surface area contributed by atoms with E-state index in [2.05, 4.69) is 56.1 Å². The summed E-state index contributed by atoms with van der Waals surface area (Å²) in [5.41, 5.74) is 5.57. The van der Waals surface area contributed by atoms with Crippen molar-refractivity contribution in [2.45, 2.75) is 52.9 Å². The van der Waals surface area contributed by atoms with Crippen molar-refractivity contribution in [1.29, 1.82) is 0 Å². The predicted molar refractivity (Wildman–Crippen MR) is 131 cm³/mol. The van der Waals surface area contributed by atoms with Crippen molar-refractivity contribution in [3.63, 3.8) is 0 Å². The minimum Gasteiger partial charge on any atom is -0.340 e. The molecule has 0 radical (unpaired) electrons. The maximum Gasteiger partial charge on any atom is 0.238 e. The normalized spacial score (nSPS) is 14.8. The van der Waals surface area contributed by atoms with Gasteiger partial charge in [0, 0.05) is 31.9 Å². The molecule has 1 aliphatic heterocycles. The summed E-state index contributed by atoms with van der Waals surface area (Å²) in [6.45, 7) is 13.8. The van der Waals surface area contributed by atoms with E-state index >= 15 is 0 Å². The number of rotatable bonds is 7. The van der Waals surface area contributed by atoms with Crippen LogP contribution in [0.15, 0.2) is 42.5 Å². The second-order valence-electron chi connectivity index (χ2n) is 9.49. The Morgan fingerprint density at radius 1 is 0.875 bits per heavy atom. The lowest BCUT2D eigenvalue weighted by Crippen LogP contribution is -2.50. The highest BCUT2D eigenvalue weighted by molar-refractivity contribution is 5.94. The molecule has 0 aliphatic carbocycles. The number of hydrogen-bond acceptors (Lipinski definition) is 3. The van der Waals surface area contributed by atoms with E-state index < -0.39 is 0 Å². The van der Waals surface area contributed by atoms with E-state index in [4.69, 9.17) is 0 Å². The van der Waals surface area contributed by atoms with Crippen molar-refractivity contribution in [3.8, 4) is 0 Å². The van der Waals surface area contributed by atoms with E-state index in [1.807, 2.05) is 36.1 Å². The molecule has 2 aromatic rings. The van der Waals surface area contributed by atoms with Gasteiger partial charge in [-0.15, -0.1) is 0 Å². The molecule has 0 spiro atoms. The fourth-order valence-electron chi connectivity index (χ4n) is 4.23. The fraction of sp³-hybridized carbons (Fsp3) is 0.481. The van der Waals surface area contributed by atoms with E-state index in [1.54, 1.807) is 0 Å². The number of benzene rings is 2. The van der Waals surface area contributed by atoms with Crippen LogP contribution in [0.2, 0.25) is 0 Å². The van der Waals surface area contributed by atoms with Crippen LogP contribution >= 0.6 is 0 Å². The Hall–Kier alpha value is -2.66. The molecule has 5 heteroatoms. The average molecular weight is 436 g/mol. The fourth-order valence-corrected chi connectivity index (χ4v) is 4.23. The Morgan fingerprint density at radius 2 is 1.44 bits per heavy atom. The molecule has 1 saturated heterocycles. The van der Waals surface area contributed by atoms with E-state index in [0.717, 1.165) is 24.3 Å². The van der Waals surface area contributed by atoms with Gasteiger partial charge in [0.15, 0.2) is 0 Å². The first-order valence-corrected chi connectivity index (χ1v) is 11.7. The van der Waals surface area contributed by atoms with Gasteiger partial charge < -0.3 is 10.2 Å². The molecule has 1 N–H and O–H groups in total. The zero-order chi connectivity index (χ0) is 23.3. The number of carbonyl (C=O) groups is 2. The maximum atomic E-state index is 12.9. The zero-order valence-electron chi connectivity index (χ0n) is 20.1. The number of carbonyl (C=O) groups excluding carboxylic acids is 2. The SMILES string of the molecule is Cc1ccc(CC(=O)N2CCN(CC(=O)Nc3c(C(C)C)cccc3C(C)C)CC2)cc1. The quantitative estimate of drug-likeness (QED) is 0.693. The molecule has 32 heavy (non-hydrogen) atoms. The first-order chi connectivity index (χ1) is 15.2. The van der Waals surface area contributed by atoms with Crippen LogP contribution in [-0.4, -0.2) is 54.3 Å². The van der Waals surface area contributed by atoms with E-state index in [0.29, 0.717) is 37.9 Å². The van der Waals surface area contributed by atoms with E-state index in [-0.39, 0.29) is 11.8 Å². The molecule has 172 valence electrons. The van der Waals surface area contributed by atoms with Crippen molar-refractivity contribution >= 4 is 17.5 Å². The summed E-state index contributed by atoms with van der Waals surface area (Å²) in [7, 11) is 0. The summed E-state index contributed by atoms with van der Waals surface area (Å²) < 4.78 is 0. The van der Waals surface area contributed by atoms with Gasteiger partial charge in [0.25, 0.3) is 0 Å². The molecule has 0 saturated carbocycles. The third kappa shape index (κ3) is 6.19. The number of nitrogens with one attached hydrogen (secondary N) is 1. The monoisotopic (exact) mass is 435 g/mol. The van der Waals surface area contributed by atoms with E-state index in [9.17, 15) is 9.59 Å². The lowest BCUT2D eigenvalue weighted by Gasteiger charge is -2.34. The molecule has 2 aromatic carbocycles. The minimum absolute atomic E-state index is 0.0134. The Bertz CT molecular complexity index is 900. The number of hydrogen-bond donors (Lipinski definition) is 1. The lowest BCUT2D eigenvalue weighted by molar-refractivity contribution is -0.132. The maximum absolute atomic E-state index is 12.9. The van der Waals surface area contributed by atoms with Crippen LogP contribution in [0.4, 0.5) is 5.69 Å². The van der Waals surface area contributed by atoms with Crippen LogP contribution < -0.4 is 5.32 Å². The van der Waals surface area contributed by atoms with Crippen molar-refractivity contribution in [1.82, 2.24) is 9.80 Å². The molecule has 1 heterocycles. The summed E-state index contributed by atoms with van der Waals surface area (Å²) in [5, 5.41) is 3.20. The van der Waals surface area contributed by atoms with Crippen LogP contribution in [0, 0.1) is 6.92 Å². The van der Waals surface area contributed by atoms with Gasteiger partial charge in [0.05, 0.1) is 13.0 Å². The number of aryl methyl sites for hydroxylation is 1. The second kappa shape index (κ2) is 10.8. The summed E-state index contributed by atoms with van der Waals surface area (Å²) in [6.07, 6.45) is 0.435. The molecule has 0 bridgehead atoms. The van der Waals surface area contributed by atoms with Crippen LogP contribution in [0.25, 0.3) is 0 Å². The summed E-state index contributed by atoms with van der Waals surface area (Å²) in [5.74, 6) is 0.851.